The fourth-order valence-corrected chi connectivity index (χ4v) is 5.37. The van der Waals surface area contributed by atoms with Gasteiger partial charge in [-0.25, -0.2) is 4.68 Å². The van der Waals surface area contributed by atoms with E-state index in [9.17, 15) is 4.79 Å². The number of hydrogen-bond donors (Lipinski definition) is 1. The Morgan fingerprint density at radius 1 is 1.03 bits per heavy atom. The highest BCUT2D eigenvalue weighted by Crippen LogP contribution is 2.33. The lowest BCUT2D eigenvalue weighted by atomic mass is 10.1. The number of rotatable bonds is 10. The first-order valence-corrected chi connectivity index (χ1v) is 12.9. The number of H-pyrrole nitrogens is 1. The Morgan fingerprint density at radius 3 is 2.46 bits per heavy atom. The summed E-state index contributed by atoms with van der Waals surface area (Å²) in [5.41, 5.74) is 2.50. The minimum Gasteiger partial charge on any atom is -0.497 e. The van der Waals surface area contributed by atoms with Crippen molar-refractivity contribution in [2.24, 2.45) is 0 Å². The highest BCUT2D eigenvalue weighted by Gasteiger charge is 2.29. The number of ether oxygens (including phenoxy) is 2. The number of nitrogens with one attached hydrogen (secondary N) is 1. The molecule has 1 aliphatic rings. The van der Waals surface area contributed by atoms with Gasteiger partial charge < -0.3 is 14.5 Å². The van der Waals surface area contributed by atoms with Gasteiger partial charge in [0.15, 0.2) is 5.82 Å². The maximum atomic E-state index is 13.2. The zero-order valence-electron chi connectivity index (χ0n) is 21.7. The van der Waals surface area contributed by atoms with Crippen molar-refractivity contribution in [2.45, 2.75) is 64.2 Å². The van der Waals surface area contributed by atoms with Crippen LogP contribution in [-0.4, -0.2) is 44.3 Å². The monoisotopic (exact) mass is 502 g/mol. The van der Waals surface area contributed by atoms with E-state index in [1.54, 1.807) is 14.2 Å². The summed E-state index contributed by atoms with van der Waals surface area (Å²) in [6, 6.07) is 16.0. The molecule has 0 radical (unpaired) electrons. The molecule has 1 atom stereocenters. The first kappa shape index (κ1) is 25.0. The van der Waals surface area contributed by atoms with E-state index in [-0.39, 0.29) is 11.6 Å². The molecular weight excluding hydrogens is 468 g/mol. The molecule has 0 spiro atoms. The maximum Gasteiger partial charge on any atom is 0.252 e. The fraction of sp³-hybridized carbons (Fsp3) is 0.429. The van der Waals surface area contributed by atoms with Crippen molar-refractivity contribution in [3.05, 3.63) is 75.8 Å². The third-order valence-electron chi connectivity index (χ3n) is 7.36. The van der Waals surface area contributed by atoms with Gasteiger partial charge in [-0.15, -0.1) is 5.10 Å². The van der Waals surface area contributed by atoms with Gasteiger partial charge in [-0.2, -0.15) is 0 Å². The van der Waals surface area contributed by atoms with Crippen LogP contribution in [0, 0.1) is 0 Å². The number of nitrogens with zero attached hydrogens (tertiary/aromatic N) is 5. The summed E-state index contributed by atoms with van der Waals surface area (Å²) >= 11 is 0. The van der Waals surface area contributed by atoms with Crippen molar-refractivity contribution >= 4 is 10.9 Å². The minimum atomic E-state index is -0.0948. The lowest BCUT2D eigenvalue weighted by molar-refractivity contribution is 0.158. The minimum absolute atomic E-state index is 0.0573. The van der Waals surface area contributed by atoms with Crippen LogP contribution in [0.25, 0.3) is 10.9 Å². The quantitative estimate of drug-likeness (QED) is 0.333. The van der Waals surface area contributed by atoms with Crippen LogP contribution in [-0.2, 0) is 13.1 Å². The molecule has 194 valence electrons. The van der Waals surface area contributed by atoms with Crippen molar-refractivity contribution < 1.29 is 9.47 Å². The molecule has 2 aromatic heterocycles. The average molecular weight is 503 g/mol. The summed E-state index contributed by atoms with van der Waals surface area (Å²) in [6.45, 7) is 3.23. The van der Waals surface area contributed by atoms with E-state index < -0.39 is 0 Å². The maximum absolute atomic E-state index is 13.2. The van der Waals surface area contributed by atoms with Crippen molar-refractivity contribution in [1.29, 1.82) is 0 Å². The van der Waals surface area contributed by atoms with E-state index in [0.29, 0.717) is 24.7 Å². The molecule has 9 nitrogen and oxygen atoms in total. The van der Waals surface area contributed by atoms with Gasteiger partial charge >= 0.3 is 0 Å². The van der Waals surface area contributed by atoms with Crippen LogP contribution < -0.4 is 15.0 Å². The smallest absolute Gasteiger partial charge is 0.252 e. The second kappa shape index (κ2) is 11.1. The summed E-state index contributed by atoms with van der Waals surface area (Å²) in [5, 5.41) is 13.9. The van der Waals surface area contributed by atoms with Gasteiger partial charge in [0.2, 0.25) is 0 Å². The molecular formula is C28H34N6O3. The standard InChI is InChI=1S/C28H34N6O3/c1-4-26(27-30-31-32-34(27)22-7-5-6-8-22)33(17-19-9-11-23(36-2)12-10-19)18-21-15-20-16-24(37-3)13-14-25(20)29-28(21)35/h9-16,22,26H,4-8,17-18H2,1-3H3,(H,29,35)/t26-/m0/s1. The average Bonchev–Trinajstić information content (AvgIpc) is 3.62. The zero-order valence-corrected chi connectivity index (χ0v) is 21.7. The van der Waals surface area contributed by atoms with Crippen LogP contribution in [0.4, 0.5) is 0 Å². The third kappa shape index (κ3) is 5.36. The van der Waals surface area contributed by atoms with E-state index in [1.807, 2.05) is 41.1 Å². The Hall–Kier alpha value is -3.72. The van der Waals surface area contributed by atoms with Gasteiger partial charge in [-0.05, 0) is 71.7 Å². The molecule has 0 saturated heterocycles. The molecule has 2 aromatic carbocycles. The number of pyridine rings is 1. The molecule has 0 unspecified atom stereocenters. The largest absolute Gasteiger partial charge is 0.497 e. The molecule has 37 heavy (non-hydrogen) atoms. The topological polar surface area (TPSA) is 98.2 Å². The van der Waals surface area contributed by atoms with Crippen LogP contribution in [0.5, 0.6) is 11.5 Å². The van der Waals surface area contributed by atoms with Gasteiger partial charge in [-0.1, -0.05) is 31.9 Å². The summed E-state index contributed by atoms with van der Waals surface area (Å²) in [5.74, 6) is 2.43. The highest BCUT2D eigenvalue weighted by molar-refractivity contribution is 5.80. The Balaban J connectivity index is 1.53. The van der Waals surface area contributed by atoms with E-state index in [4.69, 9.17) is 9.47 Å². The Labute approximate surface area is 216 Å². The van der Waals surface area contributed by atoms with E-state index in [0.717, 1.165) is 53.1 Å². The van der Waals surface area contributed by atoms with Crippen LogP contribution >= 0.6 is 0 Å². The Bertz CT molecular complexity index is 1390. The lowest BCUT2D eigenvalue weighted by Gasteiger charge is -2.31. The molecule has 0 aliphatic heterocycles. The van der Waals surface area contributed by atoms with E-state index in [2.05, 4.69) is 44.5 Å². The molecule has 9 heteroatoms. The highest BCUT2D eigenvalue weighted by atomic mass is 16.5. The van der Waals surface area contributed by atoms with Gasteiger partial charge in [0.25, 0.3) is 5.56 Å². The van der Waals surface area contributed by atoms with Gasteiger partial charge in [0.1, 0.15) is 11.5 Å². The molecule has 0 amide bonds. The van der Waals surface area contributed by atoms with Crippen molar-refractivity contribution in [3.8, 4) is 11.5 Å². The Morgan fingerprint density at radius 2 is 1.76 bits per heavy atom. The molecule has 0 bridgehead atoms. The molecule has 1 saturated carbocycles. The predicted molar refractivity (Wildman–Crippen MR) is 142 cm³/mol. The van der Waals surface area contributed by atoms with Crippen LogP contribution in [0.3, 0.4) is 0 Å². The van der Waals surface area contributed by atoms with Crippen LogP contribution in [0.15, 0.2) is 53.3 Å². The third-order valence-corrected chi connectivity index (χ3v) is 7.36. The number of aromatic amines is 1. The molecule has 4 aromatic rings. The number of aromatic nitrogens is 5. The number of fused-ring (bicyclic) bond motifs is 1. The number of benzene rings is 2. The second-order valence-corrected chi connectivity index (χ2v) is 9.67. The van der Waals surface area contributed by atoms with Crippen LogP contribution in [0.2, 0.25) is 0 Å². The van der Waals surface area contributed by atoms with Gasteiger partial charge in [0.05, 0.1) is 26.3 Å². The first-order chi connectivity index (χ1) is 18.1. The summed E-state index contributed by atoms with van der Waals surface area (Å²) in [4.78, 5) is 18.5. The summed E-state index contributed by atoms with van der Waals surface area (Å²) in [7, 11) is 3.31. The number of hydrogen-bond acceptors (Lipinski definition) is 7. The Kier molecular flexibility index (Phi) is 7.50. The van der Waals surface area contributed by atoms with E-state index in [1.165, 1.54) is 12.8 Å². The molecule has 1 fully saturated rings. The molecule has 5 rings (SSSR count). The van der Waals surface area contributed by atoms with Gasteiger partial charge in [0, 0.05) is 29.6 Å². The zero-order chi connectivity index (χ0) is 25.8. The van der Waals surface area contributed by atoms with Crippen molar-refractivity contribution in [1.82, 2.24) is 30.1 Å². The molecule has 1 aliphatic carbocycles. The van der Waals surface area contributed by atoms with Crippen LogP contribution in [0.1, 0.15) is 68.1 Å². The second-order valence-electron chi connectivity index (χ2n) is 9.67. The predicted octanol–water partition coefficient (Wildman–Crippen LogP) is 4.80. The summed E-state index contributed by atoms with van der Waals surface area (Å²) in [6.07, 6.45) is 5.40. The normalized spacial score (nSPS) is 14.9. The molecule has 1 N–H and O–H groups in total. The lowest BCUT2D eigenvalue weighted by Crippen LogP contribution is -2.32. The number of methoxy groups -OCH3 is 2. The van der Waals surface area contributed by atoms with Gasteiger partial charge in [-0.3, -0.25) is 9.69 Å². The molecule has 2 heterocycles. The van der Waals surface area contributed by atoms with E-state index >= 15 is 0 Å². The van der Waals surface area contributed by atoms with Crippen molar-refractivity contribution in [3.63, 3.8) is 0 Å². The summed E-state index contributed by atoms with van der Waals surface area (Å²) < 4.78 is 12.8. The number of tetrazole rings is 1. The SMILES string of the molecule is CC[C@@H](c1nnnn1C1CCCC1)N(Cc1ccc(OC)cc1)Cc1cc2cc(OC)ccc2[nH]c1=O. The first-order valence-electron chi connectivity index (χ1n) is 12.9. The van der Waals surface area contributed by atoms with Crippen molar-refractivity contribution in [2.75, 3.05) is 14.2 Å². The fourth-order valence-electron chi connectivity index (χ4n) is 5.37.